The van der Waals surface area contributed by atoms with Crippen LogP contribution in [0.2, 0.25) is 0 Å². The molecule has 0 aliphatic heterocycles. The molecule has 0 unspecified atom stereocenters. The predicted octanol–water partition coefficient (Wildman–Crippen LogP) is 2.82. The Balaban J connectivity index is 1.55. The van der Waals surface area contributed by atoms with Crippen LogP contribution in [0, 0.1) is 5.41 Å². The van der Waals surface area contributed by atoms with E-state index < -0.39 is 0 Å². The van der Waals surface area contributed by atoms with Crippen molar-refractivity contribution in [3.05, 3.63) is 34.9 Å². The molecule has 0 aromatic heterocycles. The van der Waals surface area contributed by atoms with E-state index in [-0.39, 0.29) is 5.41 Å². The van der Waals surface area contributed by atoms with Crippen molar-refractivity contribution in [2.75, 3.05) is 13.2 Å². The smallest absolute Gasteiger partial charge is 0.0499 e. The highest BCUT2D eigenvalue weighted by Crippen LogP contribution is 2.36. The fourth-order valence-electron chi connectivity index (χ4n) is 3.72. The van der Waals surface area contributed by atoms with E-state index in [1.807, 2.05) is 0 Å². The van der Waals surface area contributed by atoms with E-state index in [1.54, 1.807) is 11.1 Å². The van der Waals surface area contributed by atoms with Crippen LogP contribution < -0.4 is 5.32 Å². The van der Waals surface area contributed by atoms with E-state index in [0.29, 0.717) is 6.61 Å². The van der Waals surface area contributed by atoms with E-state index in [1.165, 1.54) is 50.5 Å². The van der Waals surface area contributed by atoms with E-state index >= 15 is 0 Å². The van der Waals surface area contributed by atoms with Gasteiger partial charge in [0.2, 0.25) is 0 Å². The lowest BCUT2D eigenvalue weighted by Crippen LogP contribution is -2.34. The number of hydrogen-bond donors (Lipinski definition) is 2. The lowest BCUT2D eigenvalue weighted by atomic mass is 9.87. The molecule has 2 N–H and O–H groups in total. The van der Waals surface area contributed by atoms with Crippen LogP contribution in [0.3, 0.4) is 0 Å². The van der Waals surface area contributed by atoms with Gasteiger partial charge in [-0.05, 0) is 48.8 Å². The third-order valence-corrected chi connectivity index (χ3v) is 4.99. The van der Waals surface area contributed by atoms with Crippen molar-refractivity contribution in [3.63, 3.8) is 0 Å². The molecule has 1 aromatic rings. The minimum atomic E-state index is 0.163. The average molecular weight is 259 g/mol. The van der Waals surface area contributed by atoms with E-state index in [4.69, 9.17) is 0 Å². The molecule has 0 saturated heterocycles. The summed E-state index contributed by atoms with van der Waals surface area (Å²) in [5, 5.41) is 13.2. The molecule has 0 amide bonds. The van der Waals surface area contributed by atoms with Crippen LogP contribution >= 0.6 is 0 Å². The molecular formula is C17H25NO. The van der Waals surface area contributed by atoms with Gasteiger partial charge < -0.3 is 10.4 Å². The molecule has 19 heavy (non-hydrogen) atoms. The van der Waals surface area contributed by atoms with Crippen molar-refractivity contribution in [3.8, 4) is 0 Å². The van der Waals surface area contributed by atoms with Gasteiger partial charge in [-0.2, -0.15) is 0 Å². The summed E-state index contributed by atoms with van der Waals surface area (Å²) in [6, 6.07) is 6.93. The van der Waals surface area contributed by atoms with Crippen molar-refractivity contribution < 1.29 is 5.11 Å². The maximum atomic E-state index is 9.60. The topological polar surface area (TPSA) is 32.3 Å². The Hall–Kier alpha value is -0.860. The Labute approximate surface area is 116 Å². The summed E-state index contributed by atoms with van der Waals surface area (Å²) in [6.45, 7) is 2.24. The molecule has 0 heterocycles. The van der Waals surface area contributed by atoms with Crippen LogP contribution in [0.1, 0.15) is 48.8 Å². The first-order valence-electron chi connectivity index (χ1n) is 7.74. The Morgan fingerprint density at radius 1 is 1.05 bits per heavy atom. The van der Waals surface area contributed by atoms with Gasteiger partial charge in [-0.15, -0.1) is 0 Å². The Bertz CT molecular complexity index is 435. The number of rotatable bonds is 5. The zero-order chi connectivity index (χ0) is 13.1. The molecular weight excluding hydrogens is 234 g/mol. The van der Waals surface area contributed by atoms with Crippen molar-refractivity contribution in [1.82, 2.24) is 5.32 Å². The van der Waals surface area contributed by atoms with Gasteiger partial charge in [0.15, 0.2) is 0 Å². The predicted molar refractivity (Wildman–Crippen MR) is 78.2 cm³/mol. The third kappa shape index (κ3) is 2.85. The number of hydrogen-bond acceptors (Lipinski definition) is 2. The van der Waals surface area contributed by atoms with Gasteiger partial charge >= 0.3 is 0 Å². The molecule has 2 nitrogen and oxygen atoms in total. The van der Waals surface area contributed by atoms with Crippen molar-refractivity contribution >= 4 is 0 Å². The molecule has 0 atom stereocenters. The molecule has 2 aliphatic carbocycles. The first-order valence-corrected chi connectivity index (χ1v) is 7.74. The zero-order valence-corrected chi connectivity index (χ0v) is 11.8. The third-order valence-electron chi connectivity index (χ3n) is 4.99. The van der Waals surface area contributed by atoms with Gasteiger partial charge in [-0.25, -0.2) is 0 Å². The summed E-state index contributed by atoms with van der Waals surface area (Å²) in [7, 11) is 0. The number of benzene rings is 1. The van der Waals surface area contributed by atoms with Gasteiger partial charge in [-0.1, -0.05) is 31.0 Å². The SMILES string of the molecule is OCC1(CNCc2ccc3c(c2)CCC3)CCCC1. The normalized spacial score (nSPS) is 20.7. The minimum absolute atomic E-state index is 0.163. The molecule has 0 radical (unpaired) electrons. The zero-order valence-electron chi connectivity index (χ0n) is 11.8. The van der Waals surface area contributed by atoms with Gasteiger partial charge in [-0.3, -0.25) is 0 Å². The lowest BCUT2D eigenvalue weighted by Gasteiger charge is -2.26. The van der Waals surface area contributed by atoms with Gasteiger partial charge in [0, 0.05) is 25.1 Å². The quantitative estimate of drug-likeness (QED) is 0.852. The van der Waals surface area contributed by atoms with E-state index in [2.05, 4.69) is 23.5 Å². The highest BCUT2D eigenvalue weighted by molar-refractivity contribution is 5.35. The van der Waals surface area contributed by atoms with Crippen LogP contribution in [-0.4, -0.2) is 18.3 Å². The molecule has 0 bridgehead atoms. The molecule has 1 fully saturated rings. The first-order chi connectivity index (χ1) is 9.31. The fraction of sp³-hybridized carbons (Fsp3) is 0.647. The molecule has 1 aromatic carbocycles. The highest BCUT2D eigenvalue weighted by atomic mass is 16.3. The van der Waals surface area contributed by atoms with Gasteiger partial charge in [0.25, 0.3) is 0 Å². The monoisotopic (exact) mass is 259 g/mol. The van der Waals surface area contributed by atoms with Crippen LogP contribution in [-0.2, 0) is 19.4 Å². The van der Waals surface area contributed by atoms with Crippen molar-refractivity contribution in [2.24, 2.45) is 5.41 Å². The summed E-state index contributed by atoms with van der Waals surface area (Å²) in [6.07, 6.45) is 8.75. The summed E-state index contributed by atoms with van der Waals surface area (Å²) < 4.78 is 0. The molecule has 2 heteroatoms. The second kappa shape index (κ2) is 5.64. The van der Waals surface area contributed by atoms with Crippen LogP contribution in [0.25, 0.3) is 0 Å². The Kier molecular flexibility index (Phi) is 3.90. The number of nitrogens with one attached hydrogen (secondary N) is 1. The van der Waals surface area contributed by atoms with Crippen LogP contribution in [0.4, 0.5) is 0 Å². The minimum Gasteiger partial charge on any atom is -0.396 e. The van der Waals surface area contributed by atoms with Crippen molar-refractivity contribution in [1.29, 1.82) is 0 Å². The van der Waals surface area contributed by atoms with Crippen molar-refractivity contribution in [2.45, 2.75) is 51.5 Å². The number of fused-ring (bicyclic) bond motifs is 1. The molecule has 104 valence electrons. The number of aliphatic hydroxyl groups excluding tert-OH is 1. The van der Waals surface area contributed by atoms with E-state index in [0.717, 1.165) is 13.1 Å². The van der Waals surface area contributed by atoms with Gasteiger partial charge in [0.05, 0.1) is 0 Å². The lowest BCUT2D eigenvalue weighted by molar-refractivity contribution is 0.128. The fourth-order valence-corrected chi connectivity index (χ4v) is 3.72. The number of aryl methyl sites for hydroxylation is 2. The van der Waals surface area contributed by atoms with E-state index in [9.17, 15) is 5.11 Å². The molecule has 3 rings (SSSR count). The summed E-state index contributed by atoms with van der Waals surface area (Å²) >= 11 is 0. The summed E-state index contributed by atoms with van der Waals surface area (Å²) in [5.41, 5.74) is 4.66. The Morgan fingerprint density at radius 2 is 1.84 bits per heavy atom. The number of aliphatic hydroxyl groups is 1. The van der Waals surface area contributed by atoms with Crippen LogP contribution in [0.5, 0.6) is 0 Å². The highest BCUT2D eigenvalue weighted by Gasteiger charge is 2.32. The molecule has 1 saturated carbocycles. The standard InChI is InChI=1S/C17H25NO/c19-13-17(8-1-2-9-17)12-18-11-14-6-7-15-4-3-5-16(15)10-14/h6-7,10,18-19H,1-5,8-9,11-13H2. The first kappa shape index (κ1) is 13.1. The summed E-state index contributed by atoms with van der Waals surface area (Å²) in [5.74, 6) is 0. The second-order valence-corrected chi connectivity index (χ2v) is 6.43. The maximum Gasteiger partial charge on any atom is 0.0499 e. The van der Waals surface area contributed by atoms with Crippen LogP contribution in [0.15, 0.2) is 18.2 Å². The molecule has 0 spiro atoms. The second-order valence-electron chi connectivity index (χ2n) is 6.43. The Morgan fingerprint density at radius 3 is 2.63 bits per heavy atom. The maximum absolute atomic E-state index is 9.60. The summed E-state index contributed by atoms with van der Waals surface area (Å²) in [4.78, 5) is 0. The molecule has 2 aliphatic rings. The van der Waals surface area contributed by atoms with Gasteiger partial charge in [0.1, 0.15) is 0 Å². The largest absolute Gasteiger partial charge is 0.396 e. The average Bonchev–Trinajstić information content (AvgIpc) is 3.07.